The van der Waals surface area contributed by atoms with Crippen molar-refractivity contribution in [1.82, 2.24) is 25.4 Å². The summed E-state index contributed by atoms with van der Waals surface area (Å²) in [5.41, 5.74) is 0. The third-order valence-electron chi connectivity index (χ3n) is 2.15. The van der Waals surface area contributed by atoms with Crippen LogP contribution in [0.25, 0.3) is 0 Å². The van der Waals surface area contributed by atoms with Gasteiger partial charge in [0.15, 0.2) is 0 Å². The first kappa shape index (κ1) is 12.6. The fourth-order valence-corrected chi connectivity index (χ4v) is 1.21. The summed E-state index contributed by atoms with van der Waals surface area (Å²) in [6, 6.07) is 0.324. The van der Waals surface area contributed by atoms with Gasteiger partial charge in [-0.05, 0) is 0 Å². The van der Waals surface area contributed by atoms with Gasteiger partial charge in [-0.3, -0.25) is 4.79 Å². The van der Waals surface area contributed by atoms with Gasteiger partial charge in [-0.25, -0.2) is 0 Å². The van der Waals surface area contributed by atoms with Gasteiger partial charge in [0.1, 0.15) is 12.2 Å². The molecular formula is C10H19N5O. The van der Waals surface area contributed by atoms with E-state index in [2.05, 4.69) is 20.8 Å². The molecule has 0 saturated heterocycles. The van der Waals surface area contributed by atoms with Crippen LogP contribution in [-0.2, 0) is 18.3 Å². The number of carbonyl (C=O) groups excluding carboxylic acids is 1. The van der Waals surface area contributed by atoms with Crippen molar-refractivity contribution < 1.29 is 4.79 Å². The first-order chi connectivity index (χ1) is 7.59. The van der Waals surface area contributed by atoms with Crippen molar-refractivity contribution in [2.24, 2.45) is 7.05 Å². The summed E-state index contributed by atoms with van der Waals surface area (Å²) >= 11 is 0. The summed E-state index contributed by atoms with van der Waals surface area (Å²) in [5, 5.41) is 13.6. The van der Waals surface area contributed by atoms with Crippen molar-refractivity contribution in [3.63, 3.8) is 0 Å². The van der Waals surface area contributed by atoms with Crippen molar-refractivity contribution in [2.45, 2.75) is 26.3 Å². The fraction of sp³-hybridized carbons (Fsp3) is 0.700. The molecule has 1 rings (SSSR count). The summed E-state index contributed by atoms with van der Waals surface area (Å²) in [4.78, 5) is 11.3. The molecule has 0 bridgehead atoms. The van der Waals surface area contributed by atoms with E-state index in [1.807, 2.05) is 25.5 Å². The molecule has 0 spiro atoms. The Hall–Kier alpha value is -1.43. The Morgan fingerprint density at radius 1 is 1.56 bits per heavy atom. The Morgan fingerprint density at radius 2 is 2.31 bits per heavy atom. The van der Waals surface area contributed by atoms with E-state index in [9.17, 15) is 4.79 Å². The minimum absolute atomic E-state index is 0.0101. The van der Waals surface area contributed by atoms with E-state index < -0.39 is 0 Å². The molecule has 16 heavy (non-hydrogen) atoms. The average Bonchev–Trinajstić information content (AvgIpc) is 2.61. The summed E-state index contributed by atoms with van der Waals surface area (Å²) in [5.74, 6) is 0.882. The van der Waals surface area contributed by atoms with Gasteiger partial charge in [0, 0.05) is 26.1 Å². The molecule has 0 radical (unpaired) electrons. The predicted molar refractivity (Wildman–Crippen MR) is 60.9 cm³/mol. The molecule has 0 fully saturated rings. The highest BCUT2D eigenvalue weighted by atomic mass is 16.1. The Kier molecular flexibility index (Phi) is 4.91. The van der Waals surface area contributed by atoms with Crippen LogP contribution in [0, 0.1) is 0 Å². The van der Waals surface area contributed by atoms with Crippen molar-refractivity contribution in [3.05, 3.63) is 12.2 Å². The SMILES string of the molecule is CC(C)NCC(=O)NCCc1nncn1C. The molecule has 0 aromatic carbocycles. The number of nitrogens with one attached hydrogen (secondary N) is 2. The monoisotopic (exact) mass is 225 g/mol. The lowest BCUT2D eigenvalue weighted by molar-refractivity contribution is -0.120. The molecule has 0 saturated carbocycles. The zero-order valence-corrected chi connectivity index (χ0v) is 10.0. The van der Waals surface area contributed by atoms with Gasteiger partial charge < -0.3 is 15.2 Å². The molecule has 6 nitrogen and oxygen atoms in total. The minimum Gasteiger partial charge on any atom is -0.355 e. The lowest BCUT2D eigenvalue weighted by atomic mass is 10.3. The number of hydrogen-bond acceptors (Lipinski definition) is 4. The van der Waals surface area contributed by atoms with Crippen LogP contribution in [0.5, 0.6) is 0 Å². The molecular weight excluding hydrogens is 206 g/mol. The number of hydrogen-bond donors (Lipinski definition) is 2. The van der Waals surface area contributed by atoms with Crippen LogP contribution in [0.4, 0.5) is 0 Å². The lowest BCUT2D eigenvalue weighted by Crippen LogP contribution is -2.37. The molecule has 2 N–H and O–H groups in total. The third kappa shape index (κ3) is 4.39. The number of nitrogens with zero attached hydrogens (tertiary/aromatic N) is 3. The number of rotatable bonds is 6. The van der Waals surface area contributed by atoms with Gasteiger partial charge in [0.25, 0.3) is 0 Å². The molecule has 0 aliphatic heterocycles. The van der Waals surface area contributed by atoms with Gasteiger partial charge in [0.2, 0.25) is 5.91 Å². The lowest BCUT2D eigenvalue weighted by Gasteiger charge is -2.08. The van der Waals surface area contributed by atoms with Crippen LogP contribution in [0.2, 0.25) is 0 Å². The Labute approximate surface area is 95.4 Å². The summed E-state index contributed by atoms with van der Waals surface area (Å²) < 4.78 is 1.85. The zero-order valence-electron chi connectivity index (χ0n) is 10.0. The summed E-state index contributed by atoms with van der Waals surface area (Å²) in [7, 11) is 1.89. The molecule has 0 unspecified atom stereocenters. The van der Waals surface area contributed by atoms with E-state index in [0.717, 1.165) is 5.82 Å². The van der Waals surface area contributed by atoms with E-state index in [4.69, 9.17) is 0 Å². The van der Waals surface area contributed by atoms with Crippen LogP contribution in [0.1, 0.15) is 19.7 Å². The molecule has 1 amide bonds. The van der Waals surface area contributed by atoms with E-state index in [1.165, 1.54) is 0 Å². The summed E-state index contributed by atoms with van der Waals surface area (Å²) in [6.45, 7) is 4.96. The van der Waals surface area contributed by atoms with Crippen LogP contribution in [-0.4, -0.2) is 39.8 Å². The highest BCUT2D eigenvalue weighted by molar-refractivity contribution is 5.77. The maximum absolute atomic E-state index is 11.3. The number of carbonyl (C=O) groups is 1. The van der Waals surface area contributed by atoms with Crippen LogP contribution in [0.3, 0.4) is 0 Å². The molecule has 1 aromatic heterocycles. The third-order valence-corrected chi connectivity index (χ3v) is 2.15. The molecule has 1 aromatic rings. The van der Waals surface area contributed by atoms with Crippen molar-refractivity contribution >= 4 is 5.91 Å². The van der Waals surface area contributed by atoms with Crippen molar-refractivity contribution in [1.29, 1.82) is 0 Å². The topological polar surface area (TPSA) is 71.8 Å². The maximum atomic E-state index is 11.3. The van der Waals surface area contributed by atoms with Gasteiger partial charge >= 0.3 is 0 Å². The largest absolute Gasteiger partial charge is 0.355 e. The van der Waals surface area contributed by atoms with Crippen molar-refractivity contribution in [3.8, 4) is 0 Å². The van der Waals surface area contributed by atoms with Gasteiger partial charge in [0.05, 0.1) is 6.54 Å². The molecule has 6 heteroatoms. The molecule has 0 aliphatic rings. The molecule has 1 heterocycles. The fourth-order valence-electron chi connectivity index (χ4n) is 1.21. The van der Waals surface area contributed by atoms with E-state index >= 15 is 0 Å². The molecule has 0 aliphatic carbocycles. The van der Waals surface area contributed by atoms with E-state index in [-0.39, 0.29) is 5.91 Å². The first-order valence-corrected chi connectivity index (χ1v) is 5.42. The van der Waals surface area contributed by atoms with Gasteiger partial charge in [-0.2, -0.15) is 0 Å². The van der Waals surface area contributed by atoms with Gasteiger partial charge in [-0.15, -0.1) is 10.2 Å². The number of amides is 1. The van der Waals surface area contributed by atoms with Gasteiger partial charge in [-0.1, -0.05) is 13.8 Å². The van der Waals surface area contributed by atoms with Crippen molar-refractivity contribution in [2.75, 3.05) is 13.1 Å². The van der Waals surface area contributed by atoms with Crippen LogP contribution >= 0.6 is 0 Å². The van der Waals surface area contributed by atoms with Crippen LogP contribution in [0.15, 0.2) is 6.33 Å². The average molecular weight is 225 g/mol. The Morgan fingerprint density at radius 3 is 2.88 bits per heavy atom. The molecule has 0 atom stereocenters. The Bertz CT molecular complexity index is 334. The standard InChI is InChI=1S/C10H19N5O/c1-8(2)12-6-10(16)11-5-4-9-14-13-7-15(9)3/h7-8,12H,4-6H2,1-3H3,(H,11,16). The normalized spacial score (nSPS) is 10.8. The second-order valence-corrected chi connectivity index (χ2v) is 3.99. The number of aromatic nitrogens is 3. The number of aryl methyl sites for hydroxylation is 1. The molecule has 90 valence electrons. The Balaban J connectivity index is 2.16. The maximum Gasteiger partial charge on any atom is 0.233 e. The summed E-state index contributed by atoms with van der Waals surface area (Å²) in [6.07, 6.45) is 2.35. The van der Waals surface area contributed by atoms with E-state index in [1.54, 1.807) is 6.33 Å². The quantitative estimate of drug-likeness (QED) is 0.683. The highest BCUT2D eigenvalue weighted by Gasteiger charge is 2.03. The second-order valence-electron chi connectivity index (χ2n) is 3.99. The first-order valence-electron chi connectivity index (χ1n) is 5.42. The van der Waals surface area contributed by atoms with E-state index in [0.29, 0.717) is 25.6 Å². The highest BCUT2D eigenvalue weighted by Crippen LogP contribution is 1.90. The minimum atomic E-state index is 0.0101. The zero-order chi connectivity index (χ0) is 12.0. The smallest absolute Gasteiger partial charge is 0.233 e. The van der Waals surface area contributed by atoms with Crippen LogP contribution < -0.4 is 10.6 Å². The second kappa shape index (κ2) is 6.22. The predicted octanol–water partition coefficient (Wildman–Crippen LogP) is -0.528.